The van der Waals surface area contributed by atoms with Crippen LogP contribution in [0, 0.1) is 11.7 Å². The predicted molar refractivity (Wildman–Crippen MR) is 117 cm³/mol. The van der Waals surface area contributed by atoms with E-state index in [-0.39, 0.29) is 11.7 Å². The Morgan fingerprint density at radius 2 is 1.87 bits per heavy atom. The minimum absolute atomic E-state index is 0.188. The largest absolute Gasteiger partial charge is 0.358 e. The molecular formula is C25H28FN3O. The Labute approximate surface area is 176 Å². The summed E-state index contributed by atoms with van der Waals surface area (Å²) in [7, 11) is 0. The number of hydrogen-bond donors (Lipinski definition) is 1. The third kappa shape index (κ3) is 3.99. The topological polar surface area (TPSA) is 39.3 Å². The first-order valence-electron chi connectivity index (χ1n) is 11.0. The maximum Gasteiger partial charge on any atom is 0.237 e. The van der Waals surface area contributed by atoms with Gasteiger partial charge < -0.3 is 9.88 Å². The molecule has 30 heavy (non-hydrogen) atoms. The van der Waals surface area contributed by atoms with Gasteiger partial charge in [0.2, 0.25) is 5.91 Å². The molecule has 2 aliphatic heterocycles. The number of piperidine rings is 1. The molecule has 1 N–H and O–H groups in total. The second-order valence-corrected chi connectivity index (χ2v) is 8.75. The van der Waals surface area contributed by atoms with Crippen LogP contribution in [0.2, 0.25) is 0 Å². The zero-order valence-electron chi connectivity index (χ0n) is 17.2. The number of nitrogens with one attached hydrogen (secondary N) is 1. The molecule has 3 heterocycles. The summed E-state index contributed by atoms with van der Waals surface area (Å²) in [6.45, 7) is 3.76. The number of hydrogen-bond acceptors (Lipinski definition) is 2. The van der Waals surface area contributed by atoms with Crippen molar-refractivity contribution in [2.45, 2.75) is 32.2 Å². The molecule has 4 nitrogen and oxygen atoms in total. The van der Waals surface area contributed by atoms with Crippen LogP contribution in [0.4, 0.5) is 4.39 Å². The fourth-order valence-corrected chi connectivity index (χ4v) is 4.99. The van der Waals surface area contributed by atoms with Gasteiger partial charge in [-0.1, -0.05) is 30.3 Å². The smallest absolute Gasteiger partial charge is 0.237 e. The average molecular weight is 406 g/mol. The lowest BCUT2D eigenvalue weighted by molar-refractivity contribution is -0.133. The Bertz CT molecular complexity index is 1040. The molecule has 2 aliphatic rings. The Morgan fingerprint density at radius 3 is 2.67 bits per heavy atom. The molecule has 3 aromatic rings. The molecule has 1 saturated heterocycles. The molecule has 0 spiro atoms. The van der Waals surface area contributed by atoms with Gasteiger partial charge >= 0.3 is 0 Å². The minimum Gasteiger partial charge on any atom is -0.358 e. The lowest BCUT2D eigenvalue weighted by Gasteiger charge is -2.34. The number of carbonyl (C=O) groups is 1. The van der Waals surface area contributed by atoms with E-state index in [2.05, 4.69) is 40.2 Å². The van der Waals surface area contributed by atoms with Crippen LogP contribution in [0.1, 0.15) is 29.7 Å². The van der Waals surface area contributed by atoms with Crippen molar-refractivity contribution in [1.29, 1.82) is 0 Å². The van der Waals surface area contributed by atoms with Crippen molar-refractivity contribution in [1.82, 2.24) is 14.8 Å². The molecule has 0 bridgehead atoms. The lowest BCUT2D eigenvalue weighted by Crippen LogP contribution is -2.45. The van der Waals surface area contributed by atoms with Gasteiger partial charge in [-0.2, -0.15) is 0 Å². The summed E-state index contributed by atoms with van der Waals surface area (Å²) in [5, 5.41) is 0.907. The minimum atomic E-state index is -0.230. The summed E-state index contributed by atoms with van der Waals surface area (Å²) in [6.07, 6.45) is 4.23. The standard InChI is InChI=1S/C25H28FN3O/c26-20-6-7-23-21(15-20)22-16-29(13-10-24(22)27-23)25(30)17-28-11-8-19(9-12-28)14-18-4-2-1-3-5-18/h1-7,15,19,27H,8-14,16-17H2. The molecule has 5 rings (SSSR count). The summed E-state index contributed by atoms with van der Waals surface area (Å²) < 4.78 is 13.7. The van der Waals surface area contributed by atoms with E-state index in [9.17, 15) is 9.18 Å². The van der Waals surface area contributed by atoms with Crippen molar-refractivity contribution in [3.8, 4) is 0 Å². The van der Waals surface area contributed by atoms with E-state index in [1.54, 1.807) is 12.1 Å². The van der Waals surface area contributed by atoms with Crippen LogP contribution in [-0.2, 0) is 24.2 Å². The number of carbonyl (C=O) groups excluding carboxylic acids is 1. The van der Waals surface area contributed by atoms with Crippen LogP contribution in [-0.4, -0.2) is 46.9 Å². The summed E-state index contributed by atoms with van der Waals surface area (Å²) in [6, 6.07) is 15.5. The normalized spacial score (nSPS) is 18.0. The zero-order valence-corrected chi connectivity index (χ0v) is 17.2. The van der Waals surface area contributed by atoms with Crippen molar-refractivity contribution in [3.63, 3.8) is 0 Å². The fraction of sp³-hybridized carbons (Fsp3) is 0.400. The van der Waals surface area contributed by atoms with Crippen molar-refractivity contribution < 1.29 is 9.18 Å². The Kier molecular flexibility index (Phi) is 5.30. The van der Waals surface area contributed by atoms with E-state index in [0.29, 0.717) is 19.0 Å². The third-order valence-electron chi connectivity index (χ3n) is 6.72. The van der Waals surface area contributed by atoms with E-state index < -0.39 is 0 Å². The number of likely N-dealkylation sites (tertiary alicyclic amines) is 1. The number of rotatable bonds is 4. The first-order chi connectivity index (χ1) is 14.7. The van der Waals surface area contributed by atoms with Gasteiger partial charge in [-0.3, -0.25) is 9.69 Å². The Morgan fingerprint density at radius 1 is 1.07 bits per heavy atom. The number of fused-ring (bicyclic) bond motifs is 3. The van der Waals surface area contributed by atoms with Crippen LogP contribution in [0.3, 0.4) is 0 Å². The molecule has 0 aliphatic carbocycles. The average Bonchev–Trinajstić information content (AvgIpc) is 3.13. The van der Waals surface area contributed by atoms with Gasteiger partial charge in [-0.15, -0.1) is 0 Å². The summed E-state index contributed by atoms with van der Waals surface area (Å²) in [4.78, 5) is 20.6. The quantitative estimate of drug-likeness (QED) is 0.708. The highest BCUT2D eigenvalue weighted by molar-refractivity contribution is 5.86. The van der Waals surface area contributed by atoms with Crippen molar-refractivity contribution in [2.24, 2.45) is 5.92 Å². The van der Waals surface area contributed by atoms with E-state index in [0.717, 1.165) is 67.5 Å². The van der Waals surface area contributed by atoms with Crippen LogP contribution < -0.4 is 0 Å². The molecule has 1 fully saturated rings. The highest BCUT2D eigenvalue weighted by Crippen LogP contribution is 2.29. The first-order valence-corrected chi connectivity index (χ1v) is 11.0. The SMILES string of the molecule is O=C(CN1CCC(Cc2ccccc2)CC1)N1CCc2[nH]c3ccc(F)cc3c2C1. The number of halogens is 1. The first kappa shape index (κ1) is 19.3. The highest BCUT2D eigenvalue weighted by Gasteiger charge is 2.27. The zero-order chi connectivity index (χ0) is 20.5. The van der Waals surface area contributed by atoms with Crippen molar-refractivity contribution >= 4 is 16.8 Å². The molecule has 0 atom stereocenters. The number of nitrogens with zero attached hydrogens (tertiary/aromatic N) is 2. The van der Waals surface area contributed by atoms with Gasteiger partial charge in [0.05, 0.1) is 6.54 Å². The predicted octanol–water partition coefficient (Wildman–Crippen LogP) is 4.15. The number of amides is 1. The molecule has 2 aromatic carbocycles. The summed E-state index contributed by atoms with van der Waals surface area (Å²) >= 11 is 0. The van der Waals surface area contributed by atoms with Crippen molar-refractivity contribution in [3.05, 3.63) is 71.2 Å². The number of benzene rings is 2. The molecule has 0 unspecified atom stereocenters. The van der Waals surface area contributed by atoms with Gasteiger partial charge in [-0.05, 0) is 62.0 Å². The van der Waals surface area contributed by atoms with Crippen LogP contribution in [0.25, 0.3) is 10.9 Å². The molecule has 0 radical (unpaired) electrons. The second-order valence-electron chi connectivity index (χ2n) is 8.75. The van der Waals surface area contributed by atoms with Crippen LogP contribution >= 0.6 is 0 Å². The molecular weight excluding hydrogens is 377 g/mol. The molecule has 1 amide bonds. The maximum atomic E-state index is 13.7. The maximum absolute atomic E-state index is 13.7. The van der Waals surface area contributed by atoms with E-state index in [1.807, 2.05) is 4.90 Å². The van der Waals surface area contributed by atoms with E-state index in [1.165, 1.54) is 11.6 Å². The number of H-pyrrole nitrogens is 1. The van der Waals surface area contributed by atoms with Gasteiger partial charge in [-0.25, -0.2) is 4.39 Å². The lowest BCUT2D eigenvalue weighted by atomic mass is 9.90. The molecule has 1 aromatic heterocycles. The Balaban J connectivity index is 1.17. The molecule has 156 valence electrons. The van der Waals surface area contributed by atoms with Crippen LogP contribution in [0.5, 0.6) is 0 Å². The molecule has 5 heteroatoms. The van der Waals surface area contributed by atoms with E-state index in [4.69, 9.17) is 0 Å². The number of aromatic amines is 1. The van der Waals surface area contributed by atoms with Gasteiger partial charge in [0.1, 0.15) is 5.82 Å². The van der Waals surface area contributed by atoms with Gasteiger partial charge in [0.15, 0.2) is 0 Å². The summed E-state index contributed by atoms with van der Waals surface area (Å²) in [5.74, 6) is 0.663. The fourth-order valence-electron chi connectivity index (χ4n) is 4.99. The van der Waals surface area contributed by atoms with E-state index >= 15 is 0 Å². The van der Waals surface area contributed by atoms with Crippen LogP contribution in [0.15, 0.2) is 48.5 Å². The monoisotopic (exact) mass is 405 g/mol. The Hall–Kier alpha value is -2.66. The molecule has 0 saturated carbocycles. The van der Waals surface area contributed by atoms with Crippen molar-refractivity contribution in [2.75, 3.05) is 26.2 Å². The second kappa shape index (κ2) is 8.23. The third-order valence-corrected chi connectivity index (χ3v) is 6.72. The number of aromatic nitrogens is 1. The van der Waals surface area contributed by atoms with Gasteiger partial charge in [0, 0.05) is 41.7 Å². The highest BCUT2D eigenvalue weighted by atomic mass is 19.1. The van der Waals surface area contributed by atoms with Gasteiger partial charge in [0.25, 0.3) is 0 Å². The summed E-state index contributed by atoms with van der Waals surface area (Å²) in [5.41, 5.74) is 4.58.